The van der Waals surface area contributed by atoms with Crippen molar-refractivity contribution in [1.29, 1.82) is 0 Å². The number of nitrogens with zero attached hydrogens (tertiary/aromatic N) is 2. The molecule has 0 unspecified atom stereocenters. The monoisotopic (exact) mass is 900 g/mol. The molecule has 2 amide bonds. The fourth-order valence-electron chi connectivity index (χ4n) is 9.21. The lowest BCUT2D eigenvalue weighted by Gasteiger charge is -2.30. The van der Waals surface area contributed by atoms with Crippen LogP contribution in [0.25, 0.3) is 22.0 Å². The van der Waals surface area contributed by atoms with Gasteiger partial charge < -0.3 is 39.5 Å². The van der Waals surface area contributed by atoms with Crippen molar-refractivity contribution in [2.75, 3.05) is 26.9 Å². The van der Waals surface area contributed by atoms with Crippen LogP contribution in [0.2, 0.25) is 0 Å². The number of nitrogens with two attached hydrogens (primary N) is 1. The number of carbonyl (C=O) groups is 5. The SMILES string of the molecule is C=CCn1cc(C[C@H](CC(=O)[C@H](Cc2cccc(CN)c2)NC(=O)OCC2c3ccccc3-c3ccccc32)C(=O)N2CC[C@H](OCC(=O)OC(C)(C)C)[C@H]2C(=O)OC)c2cc(F)ccc21. The van der Waals surface area contributed by atoms with Crippen LogP contribution in [0.5, 0.6) is 0 Å². The van der Waals surface area contributed by atoms with Gasteiger partial charge in [0.25, 0.3) is 0 Å². The van der Waals surface area contributed by atoms with Gasteiger partial charge in [0.2, 0.25) is 5.91 Å². The first-order valence-electron chi connectivity index (χ1n) is 22.2. The number of rotatable bonds is 18. The van der Waals surface area contributed by atoms with Gasteiger partial charge in [-0.05, 0) is 97.2 Å². The molecule has 14 heteroatoms. The maximum atomic E-state index is 15.1. The molecule has 13 nitrogen and oxygen atoms in total. The smallest absolute Gasteiger partial charge is 0.407 e. The summed E-state index contributed by atoms with van der Waals surface area (Å²) in [4.78, 5) is 71.2. The number of allylic oxidation sites excluding steroid dienone is 1. The zero-order chi connectivity index (χ0) is 47.1. The van der Waals surface area contributed by atoms with Crippen LogP contribution >= 0.6 is 0 Å². The molecule has 2 aliphatic rings. The number of methoxy groups -OCH3 is 1. The molecule has 0 radical (unpaired) electrons. The molecular weight excluding hydrogens is 844 g/mol. The van der Waals surface area contributed by atoms with E-state index in [2.05, 4.69) is 11.9 Å². The highest BCUT2D eigenvalue weighted by Crippen LogP contribution is 2.44. The summed E-state index contributed by atoms with van der Waals surface area (Å²) in [6.45, 7) is 9.25. The van der Waals surface area contributed by atoms with Gasteiger partial charge in [0.15, 0.2) is 11.8 Å². The third-order valence-corrected chi connectivity index (χ3v) is 12.1. The van der Waals surface area contributed by atoms with E-state index in [-0.39, 0.29) is 51.3 Å². The predicted molar refractivity (Wildman–Crippen MR) is 247 cm³/mol. The number of esters is 2. The third kappa shape index (κ3) is 10.9. The molecule has 1 aliphatic heterocycles. The molecule has 0 spiro atoms. The maximum absolute atomic E-state index is 15.1. The number of fused-ring (bicyclic) bond motifs is 4. The first-order chi connectivity index (χ1) is 31.7. The number of ketones is 1. The summed E-state index contributed by atoms with van der Waals surface area (Å²) >= 11 is 0. The summed E-state index contributed by atoms with van der Waals surface area (Å²) in [7, 11) is 1.19. The largest absolute Gasteiger partial charge is 0.467 e. The molecule has 7 rings (SSSR count). The van der Waals surface area contributed by atoms with Crippen LogP contribution in [-0.4, -0.2) is 89.8 Å². The van der Waals surface area contributed by atoms with Crippen molar-refractivity contribution >= 4 is 40.6 Å². The normalized spacial score (nSPS) is 16.5. The second-order valence-electron chi connectivity index (χ2n) is 17.8. The summed E-state index contributed by atoms with van der Waals surface area (Å²) in [5.41, 5.74) is 12.2. The second-order valence-corrected chi connectivity index (χ2v) is 17.8. The lowest BCUT2D eigenvalue weighted by molar-refractivity contribution is -0.166. The minimum absolute atomic E-state index is 0.0108. The van der Waals surface area contributed by atoms with Gasteiger partial charge in [-0.15, -0.1) is 6.58 Å². The minimum Gasteiger partial charge on any atom is -0.467 e. The summed E-state index contributed by atoms with van der Waals surface area (Å²) in [5, 5.41) is 3.37. The van der Waals surface area contributed by atoms with Crippen LogP contribution in [-0.2, 0) is 64.1 Å². The number of aromatic nitrogens is 1. The Bertz CT molecular complexity index is 2570. The van der Waals surface area contributed by atoms with E-state index >= 15 is 4.79 Å². The van der Waals surface area contributed by atoms with E-state index in [1.165, 1.54) is 24.1 Å². The molecule has 66 heavy (non-hydrogen) atoms. The number of likely N-dealkylation sites (tertiary alicyclic amines) is 1. The number of alkyl carbamates (subject to hydrolysis) is 1. The van der Waals surface area contributed by atoms with E-state index in [0.717, 1.165) is 33.4 Å². The molecule has 4 aromatic carbocycles. The Balaban J connectivity index is 1.19. The van der Waals surface area contributed by atoms with Gasteiger partial charge in [0.05, 0.1) is 19.3 Å². The number of benzene rings is 4. The van der Waals surface area contributed by atoms with Crippen molar-refractivity contribution in [2.24, 2.45) is 11.7 Å². The second kappa shape index (κ2) is 20.7. The van der Waals surface area contributed by atoms with Gasteiger partial charge in [0, 0.05) is 55.0 Å². The quantitative estimate of drug-likeness (QED) is 0.0522. The van der Waals surface area contributed by atoms with E-state index in [9.17, 15) is 23.6 Å². The van der Waals surface area contributed by atoms with Crippen LogP contribution in [0.4, 0.5) is 9.18 Å². The zero-order valence-electron chi connectivity index (χ0n) is 37.8. The average Bonchev–Trinajstić information content (AvgIpc) is 3.97. The molecule has 1 saturated heterocycles. The van der Waals surface area contributed by atoms with Crippen molar-refractivity contribution < 1.29 is 47.3 Å². The minimum atomic E-state index is -1.25. The standard InChI is InChI=1S/C52H57FN4O9/c1-6-21-56-29-35(41-27-36(53)18-19-44(41)56)25-34(49(60)57-22-20-46(48(57)50(61)63-5)64-31-47(59)66-52(2,3)4)26-45(58)43(24-32-12-11-13-33(23-32)28-54)55-51(62)65-30-42-39-16-9-7-14-37(39)38-15-8-10-17-40(38)42/h6-19,23,27,29,34,42-43,46,48H,1,20-22,24-26,28,30-31,54H2,2-5H3,(H,55,62)/t34-,43+,46+,48+/m1/s1. The summed E-state index contributed by atoms with van der Waals surface area (Å²) < 4.78 is 39.1. The van der Waals surface area contributed by atoms with Crippen LogP contribution in [0.3, 0.4) is 0 Å². The van der Waals surface area contributed by atoms with Crippen molar-refractivity contribution in [3.05, 3.63) is 143 Å². The number of halogens is 1. The Morgan fingerprint density at radius 2 is 1.62 bits per heavy atom. The lowest BCUT2D eigenvalue weighted by atomic mass is 9.88. The Morgan fingerprint density at radius 1 is 0.924 bits per heavy atom. The van der Waals surface area contributed by atoms with Gasteiger partial charge in [-0.3, -0.25) is 9.59 Å². The highest BCUT2D eigenvalue weighted by Gasteiger charge is 2.46. The maximum Gasteiger partial charge on any atom is 0.407 e. The average molecular weight is 901 g/mol. The van der Waals surface area contributed by atoms with Gasteiger partial charge in [-0.1, -0.05) is 78.9 Å². The number of ether oxygens (including phenoxy) is 4. The fourth-order valence-corrected chi connectivity index (χ4v) is 9.21. The van der Waals surface area contributed by atoms with Crippen LogP contribution < -0.4 is 11.1 Å². The lowest BCUT2D eigenvalue weighted by Crippen LogP contribution is -2.50. The van der Waals surface area contributed by atoms with E-state index < -0.39 is 71.9 Å². The van der Waals surface area contributed by atoms with Crippen molar-refractivity contribution in [2.45, 2.75) is 89.3 Å². The third-order valence-electron chi connectivity index (χ3n) is 12.1. The molecule has 1 fully saturated rings. The molecule has 3 N–H and O–H groups in total. The molecule has 4 atom stereocenters. The molecule has 2 heterocycles. The summed E-state index contributed by atoms with van der Waals surface area (Å²) in [5.74, 6) is -4.29. The Kier molecular flexibility index (Phi) is 14.8. The number of Topliss-reactive ketones (excluding diaryl/α,β-unsaturated/α-hetero) is 1. The van der Waals surface area contributed by atoms with Gasteiger partial charge in [-0.2, -0.15) is 0 Å². The molecule has 0 saturated carbocycles. The number of hydrogen-bond acceptors (Lipinski definition) is 10. The molecular formula is C52H57FN4O9. The molecule has 5 aromatic rings. The first kappa shape index (κ1) is 47.3. The van der Waals surface area contributed by atoms with Gasteiger partial charge in [-0.25, -0.2) is 18.8 Å². The van der Waals surface area contributed by atoms with E-state index in [1.54, 1.807) is 39.1 Å². The molecule has 1 aromatic heterocycles. The fraction of sp³-hybridized carbons (Fsp3) is 0.365. The molecule has 0 bridgehead atoms. The number of carbonyl (C=O) groups excluding carboxylic acids is 5. The van der Waals surface area contributed by atoms with Gasteiger partial charge in [0.1, 0.15) is 24.6 Å². The summed E-state index contributed by atoms with van der Waals surface area (Å²) in [6, 6.07) is 25.2. The molecule has 1 aliphatic carbocycles. The Hall–Kier alpha value is -6.64. The van der Waals surface area contributed by atoms with E-state index in [0.29, 0.717) is 23.0 Å². The molecule has 346 valence electrons. The van der Waals surface area contributed by atoms with Crippen LogP contribution in [0.1, 0.15) is 67.3 Å². The van der Waals surface area contributed by atoms with Crippen molar-refractivity contribution in [3.8, 4) is 11.1 Å². The van der Waals surface area contributed by atoms with Crippen LogP contribution in [0.15, 0.2) is 110 Å². The Morgan fingerprint density at radius 3 is 2.29 bits per heavy atom. The number of nitrogens with one attached hydrogen (secondary N) is 1. The summed E-state index contributed by atoms with van der Waals surface area (Å²) in [6.07, 6.45) is 1.57. The predicted octanol–water partition coefficient (Wildman–Crippen LogP) is 7.19. The highest BCUT2D eigenvalue weighted by atomic mass is 19.1. The highest BCUT2D eigenvalue weighted by molar-refractivity contribution is 5.94. The first-order valence-corrected chi connectivity index (χ1v) is 22.2. The number of hydrogen-bond donors (Lipinski definition) is 2. The van der Waals surface area contributed by atoms with Crippen LogP contribution in [0, 0.1) is 11.7 Å². The number of amides is 2. The van der Waals surface area contributed by atoms with E-state index in [4.69, 9.17) is 24.7 Å². The van der Waals surface area contributed by atoms with E-state index in [1.807, 2.05) is 77.4 Å². The zero-order valence-corrected chi connectivity index (χ0v) is 37.8. The Labute approximate surface area is 384 Å². The van der Waals surface area contributed by atoms with Crippen molar-refractivity contribution in [1.82, 2.24) is 14.8 Å². The topological polar surface area (TPSA) is 168 Å². The van der Waals surface area contributed by atoms with Gasteiger partial charge >= 0.3 is 18.0 Å². The van der Waals surface area contributed by atoms with Crippen molar-refractivity contribution in [3.63, 3.8) is 0 Å².